The van der Waals surface area contributed by atoms with Crippen molar-refractivity contribution in [3.63, 3.8) is 0 Å². The van der Waals surface area contributed by atoms with Crippen LogP contribution in [0.4, 0.5) is 0 Å². The standard InChI is InChI=1S/C22H35OS/c1-2-3-4-5-6-7-8-9-10-11-12-13-14-19-22-23-20-17-15-16-18-21(20)24-22/h15-18H,2-14,19H2,1H3/q+1. The van der Waals surface area contributed by atoms with E-state index in [2.05, 4.69) is 25.1 Å². The van der Waals surface area contributed by atoms with Gasteiger partial charge >= 0.3 is 10.7 Å². The fourth-order valence-electron chi connectivity index (χ4n) is 3.27. The highest BCUT2D eigenvalue weighted by molar-refractivity contribution is 7.18. The van der Waals surface area contributed by atoms with E-state index in [1.807, 2.05) is 17.4 Å². The highest BCUT2D eigenvalue weighted by Gasteiger charge is 2.16. The molecule has 1 aromatic carbocycles. The molecule has 0 atom stereocenters. The summed E-state index contributed by atoms with van der Waals surface area (Å²) in [6.07, 6.45) is 19.5. The quantitative estimate of drug-likeness (QED) is 0.246. The van der Waals surface area contributed by atoms with Gasteiger partial charge in [-0.25, -0.2) is 0 Å². The van der Waals surface area contributed by atoms with Crippen LogP contribution in [0.1, 0.15) is 95.5 Å². The third kappa shape index (κ3) is 7.79. The monoisotopic (exact) mass is 347 g/mol. The van der Waals surface area contributed by atoms with Gasteiger partial charge in [0.1, 0.15) is 4.70 Å². The largest absolute Gasteiger partial charge is 0.386 e. The van der Waals surface area contributed by atoms with Crippen LogP contribution >= 0.6 is 11.3 Å². The summed E-state index contributed by atoms with van der Waals surface area (Å²) in [5.41, 5.74) is 1.05. The second-order valence-electron chi connectivity index (χ2n) is 7.02. The lowest BCUT2D eigenvalue weighted by Crippen LogP contribution is -1.84. The molecular weight excluding hydrogens is 312 g/mol. The van der Waals surface area contributed by atoms with Gasteiger partial charge in [-0.2, -0.15) is 4.42 Å². The molecule has 0 aliphatic heterocycles. The molecule has 0 amide bonds. The van der Waals surface area contributed by atoms with E-state index >= 15 is 0 Å². The molecule has 134 valence electrons. The Morgan fingerprint density at radius 1 is 0.708 bits per heavy atom. The Bertz CT molecular complexity index is 513. The molecule has 1 nitrogen and oxygen atoms in total. The number of hydrogen-bond acceptors (Lipinski definition) is 1. The summed E-state index contributed by atoms with van der Waals surface area (Å²) < 4.78 is 7.17. The van der Waals surface area contributed by atoms with Crippen LogP contribution in [0.15, 0.2) is 28.7 Å². The summed E-state index contributed by atoms with van der Waals surface area (Å²) in [4.78, 5) is 0. The zero-order chi connectivity index (χ0) is 16.9. The number of para-hydroxylation sites is 1. The van der Waals surface area contributed by atoms with Crippen molar-refractivity contribution in [1.29, 1.82) is 0 Å². The Labute approximate surface area is 152 Å². The van der Waals surface area contributed by atoms with E-state index in [1.54, 1.807) is 0 Å². The van der Waals surface area contributed by atoms with E-state index in [9.17, 15) is 0 Å². The summed E-state index contributed by atoms with van der Waals surface area (Å²) in [5.74, 6) is 0. The van der Waals surface area contributed by atoms with Crippen molar-refractivity contribution in [2.75, 3.05) is 0 Å². The van der Waals surface area contributed by atoms with Crippen LogP contribution in [0.3, 0.4) is 0 Å². The Kier molecular flexibility index (Phi) is 10.1. The predicted octanol–water partition coefficient (Wildman–Crippen LogP) is 8.41. The van der Waals surface area contributed by atoms with Gasteiger partial charge in [0.15, 0.2) is 0 Å². The van der Waals surface area contributed by atoms with Gasteiger partial charge in [-0.1, -0.05) is 96.1 Å². The molecule has 1 heterocycles. The smallest absolute Gasteiger partial charge is 0.200 e. The van der Waals surface area contributed by atoms with E-state index in [-0.39, 0.29) is 0 Å². The number of unbranched alkanes of at least 4 members (excludes halogenated alkanes) is 12. The van der Waals surface area contributed by atoms with E-state index in [1.165, 1.54) is 93.2 Å². The summed E-state index contributed by atoms with van der Waals surface area (Å²) in [6.45, 7) is 2.29. The van der Waals surface area contributed by atoms with Gasteiger partial charge in [-0.3, -0.25) is 0 Å². The number of aryl methyl sites for hydroxylation is 1. The summed E-state index contributed by atoms with van der Waals surface area (Å²) >= 11 is 1.81. The van der Waals surface area contributed by atoms with Crippen LogP contribution in [-0.2, 0) is 6.42 Å². The number of rotatable bonds is 14. The maximum absolute atomic E-state index is 5.89. The summed E-state index contributed by atoms with van der Waals surface area (Å²) in [6, 6.07) is 8.35. The van der Waals surface area contributed by atoms with Crippen molar-refractivity contribution >= 4 is 21.6 Å². The first-order valence-electron chi connectivity index (χ1n) is 10.2. The van der Waals surface area contributed by atoms with Crippen molar-refractivity contribution < 1.29 is 4.42 Å². The van der Waals surface area contributed by atoms with Crippen LogP contribution in [0.2, 0.25) is 0 Å². The lowest BCUT2D eigenvalue weighted by atomic mass is 10.0. The van der Waals surface area contributed by atoms with E-state index in [0.29, 0.717) is 0 Å². The van der Waals surface area contributed by atoms with Gasteiger partial charge in [0.05, 0.1) is 6.42 Å². The first-order chi connectivity index (χ1) is 11.9. The zero-order valence-electron chi connectivity index (χ0n) is 15.5. The molecule has 24 heavy (non-hydrogen) atoms. The van der Waals surface area contributed by atoms with Gasteiger partial charge < -0.3 is 0 Å². The van der Waals surface area contributed by atoms with Crippen LogP contribution in [-0.4, -0.2) is 0 Å². The maximum atomic E-state index is 5.89. The molecule has 0 spiro atoms. The molecule has 2 rings (SSSR count). The Hall–Kier alpha value is -0.890. The molecular formula is C22H35OS+. The molecule has 0 fully saturated rings. The molecule has 0 aliphatic rings. The Morgan fingerprint density at radius 3 is 1.83 bits per heavy atom. The average molecular weight is 348 g/mol. The van der Waals surface area contributed by atoms with Crippen LogP contribution in [0, 0.1) is 0 Å². The zero-order valence-corrected chi connectivity index (χ0v) is 16.3. The molecule has 2 heteroatoms. The SMILES string of the molecule is CCCCCCCCCCCCCCCc1[o+]c2ccccc2s1. The second-order valence-corrected chi connectivity index (χ2v) is 8.11. The molecule has 2 aromatic rings. The normalized spacial score (nSPS) is 11.4. The number of fused-ring (bicyclic) bond motifs is 1. The molecule has 0 saturated carbocycles. The summed E-state index contributed by atoms with van der Waals surface area (Å²) in [5, 5.41) is 1.19. The Balaban J connectivity index is 1.39. The van der Waals surface area contributed by atoms with Gasteiger partial charge in [0, 0.05) is 6.07 Å². The number of hydrogen-bond donors (Lipinski definition) is 0. The molecule has 0 aliphatic carbocycles. The highest BCUT2D eigenvalue weighted by atomic mass is 32.1. The fraction of sp³-hybridized carbons (Fsp3) is 0.682. The van der Waals surface area contributed by atoms with Gasteiger partial charge in [-0.05, 0) is 23.8 Å². The first kappa shape index (κ1) is 19.4. The minimum Gasteiger partial charge on any atom is -0.200 e. The van der Waals surface area contributed by atoms with Crippen molar-refractivity contribution in [1.82, 2.24) is 0 Å². The molecule has 0 bridgehead atoms. The first-order valence-corrected chi connectivity index (χ1v) is 11.0. The fourth-order valence-corrected chi connectivity index (χ4v) is 4.25. The van der Waals surface area contributed by atoms with Crippen molar-refractivity contribution in [2.45, 2.75) is 96.8 Å². The minimum atomic E-state index is 1.05. The minimum absolute atomic E-state index is 1.05. The molecule has 1 aromatic heterocycles. The third-order valence-electron chi connectivity index (χ3n) is 4.78. The highest BCUT2D eigenvalue weighted by Crippen LogP contribution is 2.26. The number of benzene rings is 1. The third-order valence-corrected chi connectivity index (χ3v) is 5.85. The van der Waals surface area contributed by atoms with E-state index in [4.69, 9.17) is 4.42 Å². The molecule has 0 radical (unpaired) electrons. The van der Waals surface area contributed by atoms with Crippen molar-refractivity contribution in [2.24, 2.45) is 0 Å². The van der Waals surface area contributed by atoms with Gasteiger partial charge in [0.25, 0.3) is 0 Å². The topological polar surface area (TPSA) is 11.3 Å². The van der Waals surface area contributed by atoms with Gasteiger partial charge in [-0.15, -0.1) is 0 Å². The van der Waals surface area contributed by atoms with Gasteiger partial charge in [0.2, 0.25) is 0 Å². The molecule has 0 N–H and O–H groups in total. The van der Waals surface area contributed by atoms with Crippen molar-refractivity contribution in [3.05, 3.63) is 29.3 Å². The van der Waals surface area contributed by atoms with Crippen LogP contribution in [0.25, 0.3) is 10.3 Å². The lowest BCUT2D eigenvalue weighted by molar-refractivity contribution is 0.520. The van der Waals surface area contributed by atoms with E-state index in [0.717, 1.165) is 12.0 Å². The molecule has 0 unspecified atom stereocenters. The predicted molar refractivity (Wildman–Crippen MR) is 108 cm³/mol. The molecule has 0 saturated heterocycles. The van der Waals surface area contributed by atoms with E-state index < -0.39 is 0 Å². The second kappa shape index (κ2) is 12.5. The van der Waals surface area contributed by atoms with Crippen molar-refractivity contribution in [3.8, 4) is 0 Å². The maximum Gasteiger partial charge on any atom is 0.386 e. The lowest BCUT2D eigenvalue weighted by Gasteiger charge is -2.02. The Morgan fingerprint density at radius 2 is 1.25 bits per heavy atom. The van der Waals surface area contributed by atoms with Crippen LogP contribution < -0.4 is 0 Å². The van der Waals surface area contributed by atoms with Crippen LogP contribution in [0.5, 0.6) is 0 Å². The summed E-state index contributed by atoms with van der Waals surface area (Å²) in [7, 11) is 0. The average Bonchev–Trinajstić information content (AvgIpc) is 3.02.